The maximum absolute atomic E-state index is 13.3. The lowest BCUT2D eigenvalue weighted by molar-refractivity contribution is -0.0246. The number of piperidine rings is 1. The second-order valence-corrected chi connectivity index (χ2v) is 8.51. The van der Waals surface area contributed by atoms with E-state index in [4.69, 9.17) is 25.8 Å². The van der Waals surface area contributed by atoms with Gasteiger partial charge in [0.1, 0.15) is 28.8 Å². The van der Waals surface area contributed by atoms with Gasteiger partial charge in [0, 0.05) is 36.9 Å². The number of hydrazone groups is 1. The van der Waals surface area contributed by atoms with Crippen molar-refractivity contribution in [2.45, 2.75) is 18.6 Å². The Balaban J connectivity index is 1.33. The fraction of sp³-hybridized carbons (Fsp3) is 0.292. The number of aromatic nitrogens is 1. The van der Waals surface area contributed by atoms with Crippen LogP contribution in [0.25, 0.3) is 10.9 Å². The molecule has 0 saturated carbocycles. The van der Waals surface area contributed by atoms with Gasteiger partial charge in [0.25, 0.3) is 11.8 Å². The molecule has 1 saturated heterocycles. The zero-order valence-electron chi connectivity index (χ0n) is 19.4. The number of aromatic amines is 1. The molecule has 0 bridgehead atoms. The van der Waals surface area contributed by atoms with E-state index in [0.29, 0.717) is 65.5 Å². The highest BCUT2D eigenvalue weighted by molar-refractivity contribution is 6.04. The quantitative estimate of drug-likeness (QED) is 0.192. The first-order valence-electron chi connectivity index (χ1n) is 11.1. The summed E-state index contributed by atoms with van der Waals surface area (Å²) < 4.78 is 17.1. The molecule has 3 heterocycles. The second kappa shape index (κ2) is 8.42. The lowest BCUT2D eigenvalue weighted by Crippen LogP contribution is -2.61. The van der Waals surface area contributed by atoms with Crippen molar-refractivity contribution in [3.8, 4) is 17.2 Å². The number of carbonyl (C=O) groups is 2. The fourth-order valence-corrected chi connectivity index (χ4v) is 4.64. The lowest BCUT2D eigenvalue weighted by atomic mass is 9.96. The number of carbonyl (C=O) groups excluding carboxylic acids is 2. The highest BCUT2D eigenvalue weighted by Crippen LogP contribution is 2.36. The molecule has 0 atom stereocenters. The van der Waals surface area contributed by atoms with E-state index >= 15 is 0 Å². The summed E-state index contributed by atoms with van der Waals surface area (Å²) in [5.74, 6) is 6.67. The number of hydrogen-bond acceptors (Lipinski definition) is 7. The van der Waals surface area contributed by atoms with Crippen LogP contribution in [-0.4, -0.2) is 60.6 Å². The zero-order valence-corrected chi connectivity index (χ0v) is 19.4. The molecule has 11 heteroatoms. The Hall–Kier alpha value is -4.41. The maximum atomic E-state index is 13.3. The van der Waals surface area contributed by atoms with Crippen molar-refractivity contribution >= 4 is 28.6 Å². The zero-order chi connectivity index (χ0) is 24.7. The smallest absolute Gasteiger partial charge is 0.270 e. The monoisotopic (exact) mass is 478 g/mol. The van der Waals surface area contributed by atoms with Crippen molar-refractivity contribution in [2.75, 3.05) is 27.3 Å². The van der Waals surface area contributed by atoms with Gasteiger partial charge in [-0.25, -0.2) is 0 Å². The molecule has 1 fully saturated rings. The number of hydrogen-bond donors (Lipinski definition) is 4. The second-order valence-electron chi connectivity index (χ2n) is 8.51. The Morgan fingerprint density at radius 2 is 1.83 bits per heavy atom. The summed E-state index contributed by atoms with van der Waals surface area (Å²) in [7, 11) is 3.16. The van der Waals surface area contributed by atoms with Crippen LogP contribution in [0.2, 0.25) is 0 Å². The summed E-state index contributed by atoms with van der Waals surface area (Å²) in [6.07, 6.45) is 0.871. The lowest BCUT2D eigenvalue weighted by Gasteiger charge is -2.44. The Kier molecular flexibility index (Phi) is 5.39. The predicted octanol–water partition coefficient (Wildman–Crippen LogP) is 1.52. The molecular weight excluding hydrogens is 452 g/mol. The number of nitrogens with two attached hydrogens (primary N) is 2. The van der Waals surface area contributed by atoms with E-state index in [1.807, 2.05) is 0 Å². The highest BCUT2D eigenvalue weighted by atomic mass is 16.5. The Morgan fingerprint density at radius 3 is 2.51 bits per heavy atom. The van der Waals surface area contributed by atoms with Gasteiger partial charge in [-0.1, -0.05) is 0 Å². The minimum absolute atomic E-state index is 0.125. The van der Waals surface area contributed by atoms with E-state index in [0.717, 1.165) is 5.39 Å². The number of likely N-dealkylation sites (tertiary alicyclic amines) is 1. The normalized spacial score (nSPS) is 17.0. The van der Waals surface area contributed by atoms with E-state index < -0.39 is 5.72 Å². The van der Waals surface area contributed by atoms with Crippen LogP contribution in [0.4, 0.5) is 0 Å². The number of amides is 2. The first kappa shape index (κ1) is 22.4. The Bertz CT molecular complexity index is 1310. The summed E-state index contributed by atoms with van der Waals surface area (Å²) in [5.41, 5.74) is 6.90. The number of methoxy groups -OCH3 is 2. The molecule has 1 spiro atoms. The van der Waals surface area contributed by atoms with Crippen molar-refractivity contribution in [3.05, 3.63) is 53.2 Å². The Morgan fingerprint density at radius 1 is 1.11 bits per heavy atom. The number of nitrogens with zero attached hydrogens (tertiary/aromatic N) is 2. The molecule has 3 aromatic rings. The third-order valence-electron chi connectivity index (χ3n) is 6.55. The van der Waals surface area contributed by atoms with E-state index in [1.54, 1.807) is 55.5 Å². The molecule has 5 rings (SSSR count). The molecule has 2 amide bonds. The van der Waals surface area contributed by atoms with Crippen molar-refractivity contribution in [1.29, 1.82) is 0 Å². The average Bonchev–Trinajstić information content (AvgIpc) is 3.33. The predicted molar refractivity (Wildman–Crippen MR) is 129 cm³/mol. The molecule has 2 aromatic carbocycles. The van der Waals surface area contributed by atoms with Gasteiger partial charge < -0.3 is 41.0 Å². The molecule has 2 aliphatic rings. The number of benzene rings is 2. The summed E-state index contributed by atoms with van der Waals surface area (Å²) in [6.45, 7) is 0.811. The van der Waals surface area contributed by atoms with Gasteiger partial charge in [0.05, 0.1) is 25.3 Å². The molecule has 182 valence electrons. The summed E-state index contributed by atoms with van der Waals surface area (Å²) in [5, 5.41) is 7.20. The number of rotatable bonds is 4. The topological polar surface area (TPSA) is 157 Å². The standard InChI is InChI=1S/C24H26N6O5/c1-33-17-5-6-19(34-2)20-14(17)12-16(27-20)23(32)30-9-7-24(8-10-30)28-22(31)15-11-13(21(25)29-26)3-4-18(15)35-24/h3-6,11-12,27H,7-10,26H2,1-2H3,(H2,25,29)(H,28,31). The van der Waals surface area contributed by atoms with Gasteiger partial charge in [0.15, 0.2) is 5.72 Å². The third kappa shape index (κ3) is 3.74. The van der Waals surface area contributed by atoms with Crippen molar-refractivity contribution in [3.63, 3.8) is 0 Å². The summed E-state index contributed by atoms with van der Waals surface area (Å²) in [6, 6.07) is 10.3. The van der Waals surface area contributed by atoms with Crippen LogP contribution in [0, 0.1) is 0 Å². The van der Waals surface area contributed by atoms with Gasteiger partial charge in [-0.3, -0.25) is 9.59 Å². The molecule has 6 N–H and O–H groups in total. The number of nitrogens with one attached hydrogen (secondary N) is 2. The van der Waals surface area contributed by atoms with Gasteiger partial charge >= 0.3 is 0 Å². The van der Waals surface area contributed by atoms with Crippen molar-refractivity contribution in [1.82, 2.24) is 15.2 Å². The first-order valence-corrected chi connectivity index (χ1v) is 11.1. The van der Waals surface area contributed by atoms with Gasteiger partial charge in [-0.2, -0.15) is 5.10 Å². The van der Waals surface area contributed by atoms with Crippen LogP contribution in [0.5, 0.6) is 17.2 Å². The van der Waals surface area contributed by atoms with E-state index in [9.17, 15) is 9.59 Å². The molecule has 0 aliphatic carbocycles. The summed E-state index contributed by atoms with van der Waals surface area (Å²) in [4.78, 5) is 31.1. The number of amidine groups is 1. The van der Waals surface area contributed by atoms with Crippen LogP contribution in [-0.2, 0) is 0 Å². The largest absolute Gasteiger partial charge is 0.496 e. The number of fused-ring (bicyclic) bond motifs is 2. The Labute approximate surface area is 201 Å². The summed E-state index contributed by atoms with van der Waals surface area (Å²) >= 11 is 0. The van der Waals surface area contributed by atoms with Crippen LogP contribution >= 0.6 is 0 Å². The maximum Gasteiger partial charge on any atom is 0.270 e. The molecular formula is C24H26N6O5. The van der Waals surface area contributed by atoms with Gasteiger partial charge in [-0.05, 0) is 36.4 Å². The fourth-order valence-electron chi connectivity index (χ4n) is 4.64. The first-order chi connectivity index (χ1) is 16.9. The minimum Gasteiger partial charge on any atom is -0.496 e. The van der Waals surface area contributed by atoms with Gasteiger partial charge in [-0.15, -0.1) is 0 Å². The van der Waals surface area contributed by atoms with Gasteiger partial charge in [0.2, 0.25) is 0 Å². The van der Waals surface area contributed by atoms with Crippen LogP contribution in [0.3, 0.4) is 0 Å². The van der Waals surface area contributed by atoms with E-state index in [-0.39, 0.29) is 17.6 Å². The number of ether oxygens (including phenoxy) is 3. The number of H-pyrrole nitrogens is 1. The molecule has 11 nitrogen and oxygen atoms in total. The SMILES string of the molecule is COc1ccc(OC)c2[nH]c(C(=O)N3CCC4(CC3)NC(=O)c3cc(C(N)=NN)ccc3O4)cc12. The van der Waals surface area contributed by atoms with E-state index in [1.165, 1.54) is 0 Å². The van der Waals surface area contributed by atoms with Crippen LogP contribution in [0.1, 0.15) is 39.3 Å². The van der Waals surface area contributed by atoms with Crippen molar-refractivity contribution in [2.24, 2.45) is 16.7 Å². The molecule has 0 radical (unpaired) electrons. The molecule has 35 heavy (non-hydrogen) atoms. The minimum atomic E-state index is -0.886. The third-order valence-corrected chi connectivity index (χ3v) is 6.55. The molecule has 2 aliphatic heterocycles. The average molecular weight is 479 g/mol. The van der Waals surface area contributed by atoms with Crippen LogP contribution in [0.15, 0.2) is 41.5 Å². The van der Waals surface area contributed by atoms with E-state index in [2.05, 4.69) is 15.4 Å². The van der Waals surface area contributed by atoms with Crippen molar-refractivity contribution < 1.29 is 23.8 Å². The highest BCUT2D eigenvalue weighted by Gasteiger charge is 2.43. The molecule has 0 unspecified atom stereocenters. The molecule has 1 aromatic heterocycles. The van der Waals surface area contributed by atoms with Crippen LogP contribution < -0.4 is 31.1 Å².